The van der Waals surface area contributed by atoms with Crippen molar-refractivity contribution < 1.29 is 8.42 Å². The molecule has 0 fully saturated rings. The van der Waals surface area contributed by atoms with Crippen molar-refractivity contribution in [1.29, 1.82) is 0 Å². The Kier molecular flexibility index (Phi) is 4.35. The van der Waals surface area contributed by atoms with Crippen molar-refractivity contribution in [2.24, 2.45) is 11.1 Å². The molecule has 0 spiro atoms. The van der Waals surface area contributed by atoms with E-state index >= 15 is 0 Å². The minimum absolute atomic E-state index is 0.223. The molecule has 3 N–H and O–H groups in total. The summed E-state index contributed by atoms with van der Waals surface area (Å²) in [4.78, 5) is 3.06. The molecule has 1 rings (SSSR count). The van der Waals surface area contributed by atoms with E-state index in [4.69, 9.17) is 5.73 Å². The Morgan fingerprint density at radius 1 is 1.47 bits per heavy atom. The maximum atomic E-state index is 12.3. The average molecular weight is 259 g/mol. The Hall–Kier alpha value is -0.850. The quantitative estimate of drug-likeness (QED) is 0.800. The van der Waals surface area contributed by atoms with Gasteiger partial charge in [-0.1, -0.05) is 20.8 Å². The predicted octanol–water partition coefficient (Wildman–Crippen LogP) is 1.01. The third-order valence-corrected chi connectivity index (χ3v) is 4.63. The average Bonchev–Trinajstić information content (AvgIpc) is 2.79. The molecule has 1 aromatic rings. The summed E-state index contributed by atoms with van der Waals surface area (Å²) in [6, 6.07) is 1.56. The maximum absolute atomic E-state index is 12.3. The number of aromatic nitrogens is 1. The SMILES string of the molecule is CCN(CC(C)(C)CN)S(=O)(=O)c1cc[nH]c1. The molecule has 0 amide bonds. The summed E-state index contributed by atoms with van der Waals surface area (Å²) in [7, 11) is -3.40. The van der Waals surface area contributed by atoms with Crippen LogP contribution in [0, 0.1) is 5.41 Å². The molecule has 0 saturated carbocycles. The third-order valence-electron chi connectivity index (χ3n) is 2.72. The summed E-state index contributed by atoms with van der Waals surface area (Å²) in [6.45, 7) is 7.07. The predicted molar refractivity (Wildman–Crippen MR) is 68.1 cm³/mol. The van der Waals surface area contributed by atoms with Crippen molar-refractivity contribution in [3.63, 3.8) is 0 Å². The number of sulfonamides is 1. The highest BCUT2D eigenvalue weighted by atomic mass is 32.2. The van der Waals surface area contributed by atoms with E-state index in [1.807, 2.05) is 20.8 Å². The van der Waals surface area contributed by atoms with E-state index in [0.717, 1.165) is 0 Å². The first-order chi connectivity index (χ1) is 7.83. The van der Waals surface area contributed by atoms with Crippen LogP contribution in [0.5, 0.6) is 0 Å². The van der Waals surface area contributed by atoms with E-state index in [2.05, 4.69) is 4.98 Å². The Labute approximate surface area is 103 Å². The van der Waals surface area contributed by atoms with Crippen LogP contribution in [0.4, 0.5) is 0 Å². The zero-order valence-electron chi connectivity index (χ0n) is 10.6. The van der Waals surface area contributed by atoms with Gasteiger partial charge in [0, 0.05) is 25.5 Å². The van der Waals surface area contributed by atoms with E-state index in [0.29, 0.717) is 24.5 Å². The fraction of sp³-hybridized carbons (Fsp3) is 0.636. The van der Waals surface area contributed by atoms with Crippen LogP contribution in [-0.4, -0.2) is 37.3 Å². The lowest BCUT2D eigenvalue weighted by Gasteiger charge is -2.30. The molecular weight excluding hydrogens is 238 g/mol. The number of nitrogens with one attached hydrogen (secondary N) is 1. The summed E-state index contributed by atoms with van der Waals surface area (Å²) < 4.78 is 26.0. The normalized spacial score (nSPS) is 13.2. The van der Waals surface area contributed by atoms with Gasteiger partial charge in [-0.2, -0.15) is 4.31 Å². The van der Waals surface area contributed by atoms with Crippen LogP contribution in [0.25, 0.3) is 0 Å². The number of hydrogen-bond acceptors (Lipinski definition) is 3. The monoisotopic (exact) mass is 259 g/mol. The van der Waals surface area contributed by atoms with Gasteiger partial charge < -0.3 is 10.7 Å². The number of nitrogens with two attached hydrogens (primary N) is 1. The number of H-pyrrole nitrogens is 1. The first-order valence-electron chi connectivity index (χ1n) is 5.66. The molecule has 0 atom stereocenters. The Balaban J connectivity index is 2.96. The second-order valence-electron chi connectivity index (χ2n) is 4.85. The first-order valence-corrected chi connectivity index (χ1v) is 7.10. The minimum atomic E-state index is -3.40. The van der Waals surface area contributed by atoms with E-state index in [1.54, 1.807) is 12.3 Å². The van der Waals surface area contributed by atoms with E-state index in [-0.39, 0.29) is 5.41 Å². The fourth-order valence-electron chi connectivity index (χ4n) is 1.53. The first kappa shape index (κ1) is 14.2. The molecule has 0 aliphatic carbocycles. The van der Waals surface area contributed by atoms with Crippen molar-refractivity contribution in [2.75, 3.05) is 19.6 Å². The maximum Gasteiger partial charge on any atom is 0.244 e. The molecule has 1 heterocycles. The van der Waals surface area contributed by atoms with E-state index in [9.17, 15) is 8.42 Å². The smallest absolute Gasteiger partial charge is 0.244 e. The standard InChI is InChI=1S/C11H21N3O2S/c1-4-14(9-11(2,3)8-12)17(15,16)10-5-6-13-7-10/h5-7,13H,4,8-9,12H2,1-3H3. The number of hydrogen-bond donors (Lipinski definition) is 2. The van der Waals surface area contributed by atoms with Crippen molar-refractivity contribution in [3.8, 4) is 0 Å². The number of aromatic amines is 1. The van der Waals surface area contributed by atoms with Crippen molar-refractivity contribution in [3.05, 3.63) is 18.5 Å². The van der Waals surface area contributed by atoms with Gasteiger partial charge in [-0.25, -0.2) is 8.42 Å². The van der Waals surface area contributed by atoms with Crippen LogP contribution >= 0.6 is 0 Å². The van der Waals surface area contributed by atoms with Crippen molar-refractivity contribution in [2.45, 2.75) is 25.7 Å². The van der Waals surface area contributed by atoms with Gasteiger partial charge in [0.15, 0.2) is 0 Å². The largest absolute Gasteiger partial charge is 0.366 e. The van der Waals surface area contributed by atoms with Crippen LogP contribution in [0.1, 0.15) is 20.8 Å². The molecule has 1 aromatic heterocycles. The number of nitrogens with zero attached hydrogens (tertiary/aromatic N) is 1. The molecule has 5 nitrogen and oxygen atoms in total. The van der Waals surface area contributed by atoms with Crippen LogP contribution in [0.15, 0.2) is 23.4 Å². The molecule has 0 aliphatic rings. The molecule has 17 heavy (non-hydrogen) atoms. The van der Waals surface area contributed by atoms with Crippen molar-refractivity contribution in [1.82, 2.24) is 9.29 Å². The molecule has 0 unspecified atom stereocenters. The second kappa shape index (κ2) is 5.20. The van der Waals surface area contributed by atoms with Gasteiger partial charge in [-0.05, 0) is 18.0 Å². The fourth-order valence-corrected chi connectivity index (χ4v) is 3.14. The van der Waals surface area contributed by atoms with Gasteiger partial charge in [0.1, 0.15) is 0 Å². The molecule has 6 heteroatoms. The summed E-state index contributed by atoms with van der Waals surface area (Å²) in [6.07, 6.45) is 3.10. The van der Waals surface area contributed by atoms with E-state index in [1.165, 1.54) is 10.5 Å². The Morgan fingerprint density at radius 2 is 2.12 bits per heavy atom. The molecule has 0 aliphatic heterocycles. The topological polar surface area (TPSA) is 79.2 Å². The highest BCUT2D eigenvalue weighted by Gasteiger charge is 2.29. The lowest BCUT2D eigenvalue weighted by Crippen LogP contribution is -2.41. The summed E-state index contributed by atoms with van der Waals surface area (Å²) in [5, 5.41) is 0. The molecular formula is C11H21N3O2S. The summed E-state index contributed by atoms with van der Waals surface area (Å²) >= 11 is 0. The van der Waals surface area contributed by atoms with Crippen LogP contribution in [0.2, 0.25) is 0 Å². The van der Waals surface area contributed by atoms with Gasteiger partial charge in [0.2, 0.25) is 10.0 Å². The number of rotatable bonds is 6. The van der Waals surface area contributed by atoms with Gasteiger partial charge in [0.25, 0.3) is 0 Å². The highest BCUT2D eigenvalue weighted by molar-refractivity contribution is 7.89. The van der Waals surface area contributed by atoms with Gasteiger partial charge in [0.05, 0.1) is 4.90 Å². The summed E-state index contributed by atoms with van der Waals surface area (Å²) in [5.41, 5.74) is 5.42. The highest BCUT2D eigenvalue weighted by Crippen LogP contribution is 2.21. The third kappa shape index (κ3) is 3.31. The molecule has 0 bridgehead atoms. The van der Waals surface area contributed by atoms with Crippen LogP contribution in [-0.2, 0) is 10.0 Å². The zero-order valence-corrected chi connectivity index (χ0v) is 11.4. The van der Waals surface area contributed by atoms with Gasteiger partial charge in [-0.15, -0.1) is 0 Å². The molecule has 0 aromatic carbocycles. The van der Waals surface area contributed by atoms with Crippen LogP contribution < -0.4 is 5.73 Å². The molecule has 0 saturated heterocycles. The Morgan fingerprint density at radius 3 is 2.53 bits per heavy atom. The minimum Gasteiger partial charge on any atom is -0.366 e. The van der Waals surface area contributed by atoms with Gasteiger partial charge >= 0.3 is 0 Å². The van der Waals surface area contributed by atoms with E-state index < -0.39 is 10.0 Å². The molecule has 0 radical (unpaired) electrons. The lowest BCUT2D eigenvalue weighted by atomic mass is 9.94. The van der Waals surface area contributed by atoms with Crippen molar-refractivity contribution >= 4 is 10.0 Å². The molecule has 98 valence electrons. The second-order valence-corrected chi connectivity index (χ2v) is 6.78. The zero-order chi connectivity index (χ0) is 13.1. The summed E-state index contributed by atoms with van der Waals surface area (Å²) in [5.74, 6) is 0. The van der Waals surface area contributed by atoms with Crippen LogP contribution in [0.3, 0.4) is 0 Å². The van der Waals surface area contributed by atoms with Gasteiger partial charge in [-0.3, -0.25) is 0 Å². The Bertz CT molecular complexity index is 437. The lowest BCUT2D eigenvalue weighted by molar-refractivity contribution is 0.273.